The van der Waals surface area contributed by atoms with Gasteiger partial charge in [-0.3, -0.25) is 9.44 Å². The minimum Gasteiger partial charge on any atom is -0.284 e. The molecule has 6 nitrogen and oxygen atoms in total. The van der Waals surface area contributed by atoms with E-state index in [4.69, 9.17) is 0 Å². The second kappa shape index (κ2) is 5.89. The van der Waals surface area contributed by atoms with Gasteiger partial charge in [0.2, 0.25) is 20.0 Å². The van der Waals surface area contributed by atoms with E-state index < -0.39 is 20.0 Å². The molecule has 102 valence electrons. The Morgan fingerprint density at radius 3 is 1.67 bits per heavy atom. The Balaban J connectivity index is 2.81. The molecule has 0 unspecified atom stereocenters. The van der Waals surface area contributed by atoms with Gasteiger partial charge >= 0.3 is 0 Å². The van der Waals surface area contributed by atoms with Crippen molar-refractivity contribution in [3.05, 3.63) is 24.3 Å². The zero-order valence-electron chi connectivity index (χ0n) is 9.55. The molecule has 0 heterocycles. The first-order valence-corrected chi connectivity index (χ1v) is 9.37. The van der Waals surface area contributed by atoms with E-state index in [0.717, 1.165) is 0 Å². The quantitative estimate of drug-likeness (QED) is 0.756. The molecule has 1 aromatic rings. The number of hydrogen-bond acceptors (Lipinski definition) is 4. The fourth-order valence-electron chi connectivity index (χ4n) is 1.06. The monoisotopic (exact) mass is 356 g/mol. The third-order valence-electron chi connectivity index (χ3n) is 1.96. The number of rotatable bonds is 6. The van der Waals surface area contributed by atoms with Crippen molar-refractivity contribution >= 4 is 47.4 Å². The van der Waals surface area contributed by atoms with Gasteiger partial charge in [-0.2, -0.15) is 0 Å². The van der Waals surface area contributed by atoms with Crippen LogP contribution in [0.2, 0.25) is 0 Å². The summed E-state index contributed by atoms with van der Waals surface area (Å²) in [5, 5.41) is 0. The summed E-state index contributed by atoms with van der Waals surface area (Å²) in [6, 6.07) is 5.93. The molecule has 0 aromatic heterocycles. The van der Waals surface area contributed by atoms with Gasteiger partial charge in [0.15, 0.2) is 0 Å². The fraction of sp³-hybridized carbons (Fsp3) is 0.333. The molecule has 0 saturated carbocycles. The second-order valence-corrected chi connectivity index (χ2v) is 8.45. The Hall–Kier alpha value is -0.800. The minimum atomic E-state index is -3.40. The van der Waals surface area contributed by atoms with Gasteiger partial charge in [-0.25, -0.2) is 16.8 Å². The maximum atomic E-state index is 11.3. The number of halogens is 1. The number of benzene rings is 1. The molecular formula is C9H13BrN2O4S2. The van der Waals surface area contributed by atoms with Crippen molar-refractivity contribution in [3.8, 4) is 0 Å². The number of sulfonamides is 2. The van der Waals surface area contributed by atoms with Gasteiger partial charge in [-0.1, -0.05) is 15.9 Å². The van der Waals surface area contributed by atoms with E-state index in [-0.39, 0.29) is 10.4 Å². The molecule has 0 atom stereocenters. The van der Waals surface area contributed by atoms with Crippen LogP contribution in [0.25, 0.3) is 0 Å². The van der Waals surface area contributed by atoms with Crippen LogP contribution in [-0.4, -0.2) is 27.3 Å². The molecule has 1 aromatic carbocycles. The van der Waals surface area contributed by atoms with Crippen LogP contribution < -0.4 is 9.44 Å². The molecule has 0 spiro atoms. The molecule has 18 heavy (non-hydrogen) atoms. The summed E-state index contributed by atoms with van der Waals surface area (Å²) in [6.45, 7) is 1.53. The highest BCUT2D eigenvalue weighted by Crippen LogP contribution is 2.16. The standard InChI is InChI=1S/C9H13BrN2O4S2/c1-2-17(13,14)11-8-3-5-9(6-4-8)12-18(15,16)7-10/h3-6,11-12H,2,7H2,1H3. The van der Waals surface area contributed by atoms with E-state index >= 15 is 0 Å². The smallest absolute Gasteiger partial charge is 0.242 e. The van der Waals surface area contributed by atoms with Crippen LogP contribution in [0, 0.1) is 0 Å². The normalized spacial score (nSPS) is 12.1. The molecular weight excluding hydrogens is 344 g/mol. The van der Waals surface area contributed by atoms with Crippen molar-refractivity contribution in [1.82, 2.24) is 0 Å². The molecule has 0 saturated heterocycles. The Morgan fingerprint density at radius 2 is 1.33 bits per heavy atom. The molecule has 0 amide bonds. The van der Waals surface area contributed by atoms with Crippen LogP contribution in [0.3, 0.4) is 0 Å². The van der Waals surface area contributed by atoms with E-state index in [9.17, 15) is 16.8 Å². The van der Waals surface area contributed by atoms with E-state index in [0.29, 0.717) is 11.4 Å². The first-order valence-electron chi connectivity index (χ1n) is 4.95. The molecule has 1 rings (SSSR count). The van der Waals surface area contributed by atoms with Gasteiger partial charge < -0.3 is 0 Å². The van der Waals surface area contributed by atoms with Crippen molar-refractivity contribution in [3.63, 3.8) is 0 Å². The maximum Gasteiger partial charge on any atom is 0.242 e. The lowest BCUT2D eigenvalue weighted by molar-refractivity contribution is 0.601. The number of hydrogen-bond donors (Lipinski definition) is 2. The van der Waals surface area contributed by atoms with Gasteiger partial charge in [-0.05, 0) is 31.2 Å². The predicted octanol–water partition coefficient (Wildman–Crippen LogP) is 1.54. The molecule has 2 N–H and O–H groups in total. The van der Waals surface area contributed by atoms with Crippen molar-refractivity contribution in [2.45, 2.75) is 6.92 Å². The molecule has 0 aliphatic carbocycles. The lowest BCUT2D eigenvalue weighted by Crippen LogP contribution is -2.15. The zero-order chi connectivity index (χ0) is 13.8. The van der Waals surface area contributed by atoms with Crippen LogP contribution >= 0.6 is 15.9 Å². The lowest BCUT2D eigenvalue weighted by Gasteiger charge is -2.08. The molecule has 0 aliphatic heterocycles. The fourth-order valence-corrected chi connectivity index (χ4v) is 2.60. The van der Waals surface area contributed by atoms with Gasteiger partial charge in [0.05, 0.1) is 5.75 Å². The third-order valence-corrected chi connectivity index (χ3v) is 5.90. The molecule has 0 fully saturated rings. The maximum absolute atomic E-state index is 11.3. The zero-order valence-corrected chi connectivity index (χ0v) is 12.8. The van der Waals surface area contributed by atoms with E-state index in [2.05, 4.69) is 25.4 Å². The van der Waals surface area contributed by atoms with Crippen LogP contribution in [0.1, 0.15) is 6.92 Å². The SMILES string of the molecule is CCS(=O)(=O)Nc1ccc(NS(=O)(=O)CBr)cc1. The Bertz CT molecular complexity index is 541. The highest BCUT2D eigenvalue weighted by atomic mass is 79.9. The summed E-state index contributed by atoms with van der Waals surface area (Å²) in [7, 11) is -6.72. The van der Waals surface area contributed by atoms with Crippen molar-refractivity contribution in [1.29, 1.82) is 0 Å². The van der Waals surface area contributed by atoms with Crippen molar-refractivity contribution in [2.75, 3.05) is 19.9 Å². The van der Waals surface area contributed by atoms with Gasteiger partial charge in [0.25, 0.3) is 0 Å². The van der Waals surface area contributed by atoms with E-state index in [1.54, 1.807) is 0 Å². The summed E-state index contributed by atoms with van der Waals surface area (Å²) in [6.07, 6.45) is 0. The topological polar surface area (TPSA) is 92.3 Å². The van der Waals surface area contributed by atoms with Crippen LogP contribution in [-0.2, 0) is 20.0 Å². The summed E-state index contributed by atoms with van der Waals surface area (Å²) in [5.74, 6) is -0.0228. The summed E-state index contributed by atoms with van der Waals surface area (Å²) in [5.41, 5.74) is 0.757. The second-order valence-electron chi connectivity index (χ2n) is 3.41. The molecule has 0 aliphatic rings. The highest BCUT2D eigenvalue weighted by molar-refractivity contribution is 9.10. The van der Waals surface area contributed by atoms with Gasteiger partial charge in [0, 0.05) is 11.4 Å². The molecule has 9 heteroatoms. The third kappa shape index (κ3) is 4.83. The summed E-state index contributed by atoms with van der Waals surface area (Å²) < 4.78 is 49.6. The number of alkyl halides is 1. The summed E-state index contributed by atoms with van der Waals surface area (Å²) >= 11 is 2.85. The highest BCUT2D eigenvalue weighted by Gasteiger charge is 2.09. The largest absolute Gasteiger partial charge is 0.284 e. The Labute approximate surface area is 115 Å². The predicted molar refractivity (Wildman–Crippen MR) is 75.9 cm³/mol. The first-order chi connectivity index (χ1) is 8.28. The number of anilines is 2. The Morgan fingerprint density at radius 1 is 0.944 bits per heavy atom. The Kier molecular flexibility index (Phi) is 5.00. The van der Waals surface area contributed by atoms with Gasteiger partial charge in [0.1, 0.15) is 4.66 Å². The van der Waals surface area contributed by atoms with Crippen LogP contribution in [0.4, 0.5) is 11.4 Å². The average molecular weight is 357 g/mol. The lowest BCUT2D eigenvalue weighted by atomic mass is 10.3. The molecule has 0 radical (unpaired) electrons. The van der Waals surface area contributed by atoms with Crippen LogP contribution in [0.15, 0.2) is 24.3 Å². The minimum absolute atomic E-state index is 0.0228. The van der Waals surface area contributed by atoms with Crippen LogP contribution in [0.5, 0.6) is 0 Å². The summed E-state index contributed by atoms with van der Waals surface area (Å²) in [4.78, 5) is 0. The van der Waals surface area contributed by atoms with E-state index in [1.165, 1.54) is 31.2 Å². The van der Waals surface area contributed by atoms with E-state index in [1.807, 2.05) is 0 Å². The first kappa shape index (κ1) is 15.3. The molecule has 0 bridgehead atoms. The van der Waals surface area contributed by atoms with Crippen molar-refractivity contribution in [2.24, 2.45) is 0 Å². The van der Waals surface area contributed by atoms with Crippen molar-refractivity contribution < 1.29 is 16.8 Å². The number of nitrogens with one attached hydrogen (secondary N) is 2. The average Bonchev–Trinajstić information content (AvgIpc) is 2.31. The van der Waals surface area contributed by atoms with Gasteiger partial charge in [-0.15, -0.1) is 0 Å².